The molecular weight excluding hydrogens is 543 g/mol. The van der Waals surface area contributed by atoms with Crippen LogP contribution >= 0.6 is 0 Å². The molecule has 0 spiro atoms. The van der Waals surface area contributed by atoms with Gasteiger partial charge in [-0.2, -0.15) is 4.98 Å². The molecule has 1 aliphatic rings. The van der Waals surface area contributed by atoms with E-state index in [0.717, 1.165) is 16.8 Å². The number of fused-ring (bicyclic) bond motifs is 1. The second-order valence-electron chi connectivity index (χ2n) is 12.0. The molecule has 0 saturated carbocycles. The average molecular weight is 583 g/mol. The predicted molar refractivity (Wildman–Crippen MR) is 169 cm³/mol. The number of rotatable bonds is 6. The lowest BCUT2D eigenvalue weighted by atomic mass is 9.94. The van der Waals surface area contributed by atoms with Crippen molar-refractivity contribution < 1.29 is 9.18 Å². The van der Waals surface area contributed by atoms with E-state index in [-0.39, 0.29) is 35.5 Å². The molecule has 8 nitrogen and oxygen atoms in total. The Bertz CT molecular complexity index is 1780. The van der Waals surface area contributed by atoms with E-state index < -0.39 is 11.5 Å². The molecule has 0 unspecified atom stereocenters. The number of anilines is 1. The fourth-order valence-corrected chi connectivity index (χ4v) is 6.06. The van der Waals surface area contributed by atoms with E-state index >= 15 is 4.39 Å². The van der Waals surface area contributed by atoms with E-state index in [1.165, 1.54) is 16.7 Å². The smallest absolute Gasteiger partial charge is 0.349 e. The summed E-state index contributed by atoms with van der Waals surface area (Å²) in [5, 5.41) is 0.420. The maximum Gasteiger partial charge on any atom is 0.355 e. The fourth-order valence-electron chi connectivity index (χ4n) is 6.06. The van der Waals surface area contributed by atoms with Gasteiger partial charge in [-0.3, -0.25) is 9.78 Å². The van der Waals surface area contributed by atoms with E-state index in [2.05, 4.69) is 30.4 Å². The molecule has 9 heteroatoms. The number of pyridine rings is 2. The summed E-state index contributed by atoms with van der Waals surface area (Å²) in [6, 6.07) is 10.6. The van der Waals surface area contributed by atoms with Gasteiger partial charge >= 0.3 is 5.69 Å². The van der Waals surface area contributed by atoms with Gasteiger partial charge < -0.3 is 9.80 Å². The number of nitrogens with zero attached hydrogens (tertiary/aromatic N) is 6. The Morgan fingerprint density at radius 1 is 1.05 bits per heavy atom. The van der Waals surface area contributed by atoms with Crippen molar-refractivity contribution in [3.63, 3.8) is 0 Å². The predicted octanol–water partition coefficient (Wildman–Crippen LogP) is 6.15. The number of aryl methyl sites for hydroxylation is 1. The Kier molecular flexibility index (Phi) is 8.18. The molecule has 3 aromatic heterocycles. The van der Waals surface area contributed by atoms with Crippen molar-refractivity contribution in [3.8, 4) is 16.9 Å². The topological polar surface area (TPSA) is 84.2 Å². The number of carbonyl (C=O) groups excluding carboxylic acids is 1. The number of hydrogen-bond acceptors (Lipinski definition) is 6. The largest absolute Gasteiger partial charge is 0.355 e. The standard InChI is InChI=1S/C34H39FN6O2/c1-9-28(42)39-17-23(8)40(18-22(39)7)32-26-16-27(35)30(25-13-11-10-12-24(25)19(2)3)37-33(26)41(34(43)38-32)31-21(6)14-15-36-29(31)20(4)5/h9-16,19-20,22-23H,1,17-18H2,2-8H3/t22-,23+/m1/s1. The van der Waals surface area contributed by atoms with Crippen molar-refractivity contribution in [1.29, 1.82) is 0 Å². The van der Waals surface area contributed by atoms with Crippen LogP contribution in [-0.2, 0) is 4.79 Å². The lowest BCUT2D eigenvalue weighted by Gasteiger charge is -2.44. The van der Waals surface area contributed by atoms with Gasteiger partial charge in [0.2, 0.25) is 5.91 Å². The first-order valence-electron chi connectivity index (χ1n) is 14.8. The zero-order chi connectivity index (χ0) is 31.2. The van der Waals surface area contributed by atoms with Gasteiger partial charge in [0.25, 0.3) is 0 Å². The van der Waals surface area contributed by atoms with E-state index in [9.17, 15) is 9.59 Å². The Hall–Kier alpha value is -4.40. The van der Waals surface area contributed by atoms with Crippen molar-refractivity contribution in [1.82, 2.24) is 24.4 Å². The molecule has 1 saturated heterocycles. The first kappa shape index (κ1) is 30.1. The van der Waals surface area contributed by atoms with Crippen LogP contribution in [0.1, 0.15) is 70.2 Å². The summed E-state index contributed by atoms with van der Waals surface area (Å²) in [5.41, 5.74) is 3.79. The van der Waals surface area contributed by atoms with Gasteiger partial charge in [-0.25, -0.2) is 18.7 Å². The summed E-state index contributed by atoms with van der Waals surface area (Å²) >= 11 is 0. The van der Waals surface area contributed by atoms with Crippen LogP contribution in [0.25, 0.3) is 28.0 Å². The highest BCUT2D eigenvalue weighted by Gasteiger charge is 2.34. The molecule has 0 bridgehead atoms. The molecular formula is C34H39FN6O2. The normalized spacial score (nSPS) is 17.3. The average Bonchev–Trinajstić information content (AvgIpc) is 2.97. The van der Waals surface area contributed by atoms with Crippen molar-refractivity contribution in [2.45, 2.75) is 72.4 Å². The Morgan fingerprint density at radius 2 is 1.77 bits per heavy atom. The highest BCUT2D eigenvalue weighted by molar-refractivity contribution is 5.91. The minimum absolute atomic E-state index is 0.00876. The van der Waals surface area contributed by atoms with Crippen LogP contribution in [0.3, 0.4) is 0 Å². The summed E-state index contributed by atoms with van der Waals surface area (Å²) in [4.78, 5) is 44.5. The molecule has 4 aromatic rings. The number of aromatic nitrogens is 4. The van der Waals surface area contributed by atoms with Crippen LogP contribution in [0, 0.1) is 12.7 Å². The highest BCUT2D eigenvalue weighted by Crippen LogP contribution is 2.36. The van der Waals surface area contributed by atoms with Gasteiger partial charge in [0.1, 0.15) is 17.3 Å². The molecule has 1 fully saturated rings. The zero-order valence-electron chi connectivity index (χ0n) is 25.9. The first-order valence-corrected chi connectivity index (χ1v) is 14.8. The van der Waals surface area contributed by atoms with Crippen LogP contribution in [0.15, 0.2) is 60.0 Å². The number of piperazine rings is 1. The third-order valence-corrected chi connectivity index (χ3v) is 8.28. The van der Waals surface area contributed by atoms with Crippen LogP contribution < -0.4 is 10.6 Å². The van der Waals surface area contributed by atoms with Crippen LogP contribution in [0.5, 0.6) is 0 Å². The quantitative estimate of drug-likeness (QED) is 0.254. The monoisotopic (exact) mass is 582 g/mol. The number of carbonyl (C=O) groups is 1. The van der Waals surface area contributed by atoms with Gasteiger partial charge in [0, 0.05) is 36.9 Å². The van der Waals surface area contributed by atoms with Gasteiger partial charge in [-0.15, -0.1) is 0 Å². The molecule has 0 N–H and O–H groups in total. The summed E-state index contributed by atoms with van der Waals surface area (Å²) in [6.07, 6.45) is 3.04. The lowest BCUT2D eigenvalue weighted by molar-refractivity contribution is -0.128. The SMILES string of the molecule is C=CC(=O)N1C[C@H](C)N(c2nc(=O)n(-c3c(C)ccnc3C(C)C)c3nc(-c4ccccc4C(C)C)c(F)cc23)C[C@H]1C. The maximum atomic E-state index is 16.2. The third-order valence-electron chi connectivity index (χ3n) is 8.28. The number of benzene rings is 1. The molecule has 0 radical (unpaired) electrons. The molecule has 2 atom stereocenters. The number of halogens is 1. The summed E-state index contributed by atoms with van der Waals surface area (Å²) in [7, 11) is 0. The van der Waals surface area contributed by atoms with Crippen molar-refractivity contribution in [3.05, 3.63) is 88.4 Å². The molecule has 0 aliphatic carbocycles. The Labute approximate surface area is 251 Å². The van der Waals surface area contributed by atoms with Crippen LogP contribution in [0.4, 0.5) is 10.2 Å². The summed E-state index contributed by atoms with van der Waals surface area (Å²) in [5.74, 6) is -0.157. The Balaban J connectivity index is 1.84. The van der Waals surface area contributed by atoms with Crippen molar-refractivity contribution in [2.24, 2.45) is 0 Å². The van der Waals surface area contributed by atoms with Gasteiger partial charge in [0.05, 0.1) is 16.8 Å². The minimum Gasteiger partial charge on any atom is -0.349 e. The lowest BCUT2D eigenvalue weighted by Crippen LogP contribution is -2.58. The minimum atomic E-state index is -0.521. The summed E-state index contributed by atoms with van der Waals surface area (Å²) < 4.78 is 17.7. The number of hydrogen-bond donors (Lipinski definition) is 0. The molecule has 43 heavy (non-hydrogen) atoms. The molecule has 224 valence electrons. The van der Waals surface area contributed by atoms with E-state index in [1.807, 2.05) is 69.9 Å². The number of amides is 1. The fraction of sp³-hybridized carbons (Fsp3) is 0.382. The maximum absolute atomic E-state index is 16.2. The van der Waals surface area contributed by atoms with Crippen molar-refractivity contribution >= 4 is 22.8 Å². The van der Waals surface area contributed by atoms with Crippen LogP contribution in [-0.4, -0.2) is 55.5 Å². The molecule has 1 amide bonds. The van der Waals surface area contributed by atoms with Crippen LogP contribution in [0.2, 0.25) is 0 Å². The van der Waals surface area contributed by atoms with E-state index in [0.29, 0.717) is 41.2 Å². The molecule has 1 aromatic carbocycles. The van der Waals surface area contributed by atoms with Gasteiger partial charge in [0.15, 0.2) is 5.65 Å². The second kappa shape index (κ2) is 11.7. The molecule has 5 rings (SSSR count). The second-order valence-corrected chi connectivity index (χ2v) is 12.0. The third kappa shape index (κ3) is 5.32. The Morgan fingerprint density at radius 3 is 2.44 bits per heavy atom. The van der Waals surface area contributed by atoms with E-state index in [4.69, 9.17) is 4.98 Å². The molecule has 1 aliphatic heterocycles. The zero-order valence-corrected chi connectivity index (χ0v) is 25.9. The highest BCUT2D eigenvalue weighted by atomic mass is 19.1. The van der Waals surface area contributed by atoms with Gasteiger partial charge in [-0.05, 0) is 61.9 Å². The summed E-state index contributed by atoms with van der Waals surface area (Å²) in [6.45, 7) is 18.4. The van der Waals surface area contributed by atoms with Gasteiger partial charge in [-0.1, -0.05) is 58.5 Å². The first-order chi connectivity index (χ1) is 20.4. The van der Waals surface area contributed by atoms with Crippen molar-refractivity contribution in [2.75, 3.05) is 18.0 Å². The molecule has 4 heterocycles. The van der Waals surface area contributed by atoms with E-state index in [1.54, 1.807) is 11.1 Å².